The Kier molecular flexibility index (Phi) is 4.25. The Hall–Kier alpha value is -7.54. The summed E-state index contributed by atoms with van der Waals surface area (Å²) in [4.78, 5) is 2.71. The van der Waals surface area contributed by atoms with E-state index in [1.54, 1.807) is 41.5 Å². The minimum atomic E-state index is -2.00. The highest BCUT2D eigenvalue weighted by Crippen LogP contribution is 2.53. The number of anilines is 9. The van der Waals surface area contributed by atoms with Crippen LogP contribution in [0.25, 0.3) is 47.7 Å². The molecule has 332 valence electrons. The zero-order valence-corrected chi connectivity index (χ0v) is 38.6. The molecule has 0 fully saturated rings. The van der Waals surface area contributed by atoms with Crippen molar-refractivity contribution < 1.29 is 41.1 Å². The molecule has 0 atom stereocenters. The summed E-state index contributed by atoms with van der Waals surface area (Å²) < 4.78 is 292. The summed E-state index contributed by atoms with van der Waals surface area (Å²) in [6.07, 6.45) is 0. The topological polar surface area (TPSA) is 14.7 Å². The maximum Gasteiger partial charge on any atom is 0.252 e. The van der Waals surface area contributed by atoms with E-state index in [9.17, 15) is 32.9 Å². The quantitative estimate of drug-likeness (QED) is 0.163. The molecule has 0 aliphatic carbocycles. The summed E-state index contributed by atoms with van der Waals surface area (Å²) in [5, 5.41) is -1.25. The zero-order chi connectivity index (χ0) is 72.8. The molecule has 0 radical (unpaired) electrons. The Bertz CT molecular complexity index is 5630. The van der Waals surface area contributed by atoms with Crippen molar-refractivity contribution in [3.8, 4) is 5.69 Å². The number of nitrogens with zero attached hydrogens (tertiary/aromatic N) is 4. The fraction of sp³-hybridized carbons (Fsp3) is 0.143. The minimum absolute atomic E-state index is 0.137. The smallest absolute Gasteiger partial charge is 0.252 e. The van der Waals surface area contributed by atoms with Crippen LogP contribution < -0.4 is 31.1 Å². The zero-order valence-electron chi connectivity index (χ0n) is 67.8. The second-order valence-electron chi connectivity index (χ2n) is 19.1. The van der Waals surface area contributed by atoms with E-state index >= 15 is 0 Å². The average Bonchev–Trinajstić information content (AvgIpc) is 1.64. The number of rotatable bonds is 4. The third-order valence-corrected chi connectivity index (χ3v) is 13.7. The van der Waals surface area contributed by atoms with Gasteiger partial charge in [0.2, 0.25) is 0 Å². The molecule has 0 bridgehead atoms. The molecule has 2 aromatic heterocycles. The van der Waals surface area contributed by atoms with Crippen LogP contribution in [0.1, 0.15) is 99.4 Å². The van der Waals surface area contributed by atoms with Crippen molar-refractivity contribution in [2.24, 2.45) is 0 Å². The van der Waals surface area contributed by atoms with E-state index in [0.717, 1.165) is 14.4 Å². The third kappa shape index (κ3) is 5.82. The molecular weight excluding hydrogens is 856 g/mol. The predicted molar refractivity (Wildman–Crippen MR) is 298 cm³/mol. The highest BCUT2D eigenvalue weighted by atomic mass is 32.1. The molecule has 69 heavy (non-hydrogen) atoms. The van der Waals surface area contributed by atoms with Gasteiger partial charge < -0.3 is 19.3 Å². The lowest BCUT2D eigenvalue weighted by molar-refractivity contribution is 0.590. The molecule has 0 saturated heterocycles. The molecule has 0 unspecified atom stereocenters. The van der Waals surface area contributed by atoms with Gasteiger partial charge in [-0.15, -0.1) is 11.3 Å². The van der Waals surface area contributed by atoms with Crippen molar-refractivity contribution in [2.45, 2.75) is 59.3 Å². The van der Waals surface area contributed by atoms with Crippen LogP contribution in [0, 0.1) is 6.92 Å². The van der Waals surface area contributed by atoms with E-state index in [4.69, 9.17) is 8.22 Å². The van der Waals surface area contributed by atoms with Crippen molar-refractivity contribution in [1.82, 2.24) is 4.57 Å². The van der Waals surface area contributed by atoms with E-state index in [1.165, 1.54) is 6.92 Å². The standard InChI is InChI=1S/C63H51BN4S/c1-38-34-55-59-56(35-38)68-52-19-12-16-48-45-14-8-10-18-51(45)67(60(48)52)53-20-13-17-50(61(53)68)64(59)49-33-31-43(36-54(49)66(55)44-30-32-47-46-15-9-11-21-57(46)69-58(47)37-44)65(41-26-22-39(23-27-41)62(2,3)4)42-28-24-40(25-29-42)63(5,6)7/h8-37H,1-7H3/i8D,9D,10D,11D,12D,13D,14D,15D,16D,17D,18D,19D,20D,21D,22D,23D,24D,25D,26D,27D,28D,29D,30D,31D,32D,33D,34D,35D,36D,37D. The lowest BCUT2D eigenvalue weighted by Gasteiger charge is -2.46. The van der Waals surface area contributed by atoms with Crippen molar-refractivity contribution in [2.75, 3.05) is 14.7 Å². The van der Waals surface area contributed by atoms with E-state index in [0.29, 0.717) is 16.2 Å². The molecule has 3 aliphatic heterocycles. The summed E-state index contributed by atoms with van der Waals surface area (Å²) in [7, 11) is 0. The number of hydrogen-bond donors (Lipinski definition) is 0. The monoisotopic (exact) mass is 937 g/mol. The highest BCUT2D eigenvalue weighted by molar-refractivity contribution is 7.25. The second kappa shape index (κ2) is 14.3. The fourth-order valence-corrected chi connectivity index (χ4v) is 10.5. The summed E-state index contributed by atoms with van der Waals surface area (Å²) in [5.41, 5.74) is -11.4. The van der Waals surface area contributed by atoms with E-state index in [2.05, 4.69) is 0 Å². The van der Waals surface area contributed by atoms with E-state index < -0.39 is 272 Å². The summed E-state index contributed by atoms with van der Waals surface area (Å²) >= 11 is 0.623. The maximum absolute atomic E-state index is 11.0. The molecule has 5 heterocycles. The number of para-hydroxylation sites is 3. The van der Waals surface area contributed by atoms with Gasteiger partial charge >= 0.3 is 0 Å². The number of thiophene rings is 1. The van der Waals surface area contributed by atoms with Gasteiger partial charge in [-0.25, -0.2) is 0 Å². The van der Waals surface area contributed by atoms with Gasteiger partial charge in [-0.2, -0.15) is 0 Å². The van der Waals surface area contributed by atoms with Gasteiger partial charge in [0.25, 0.3) is 6.71 Å². The predicted octanol–water partition coefficient (Wildman–Crippen LogP) is 15.9. The van der Waals surface area contributed by atoms with Gasteiger partial charge in [-0.05, 0) is 135 Å². The largest absolute Gasteiger partial charge is 0.311 e. The fourth-order valence-electron chi connectivity index (χ4n) is 9.52. The van der Waals surface area contributed by atoms with Crippen LogP contribution in [-0.4, -0.2) is 11.3 Å². The molecule has 4 nitrogen and oxygen atoms in total. The summed E-state index contributed by atoms with van der Waals surface area (Å²) in [5.74, 6) is 0. The molecule has 11 aromatic rings. The summed E-state index contributed by atoms with van der Waals surface area (Å²) in [6, 6.07) is -23.9. The number of aromatic nitrogens is 1. The number of fused-ring (bicyclic) bond motifs is 12. The SMILES string of the molecule is [2H]c1c([2H])c2c3c(c1[2H])-n1c4c([2H])c([2H])c([2H])c([2H])c4c4c([2H])c([2H])c([2H])c(c41)N3c1c([2H])c(C)c([2H])c3c1B2c1c([2H])c([2H])c(N(c2c([2H])c([2H])c(C(C)(C)C)c([2H])c2[2H])c2c([2H])c([2H])c(C(C)(C)C)c([2H])c2[2H])c([2H])c1N3c1c([2H])c([2H])c2c(sc3c([2H])c([2H])c([2H])c([2H])c32)c1[2H]. The number of benzene rings is 9. The van der Waals surface area contributed by atoms with Gasteiger partial charge in [0.15, 0.2) is 0 Å². The average molecular weight is 937 g/mol. The second-order valence-corrected chi connectivity index (χ2v) is 20.1. The maximum atomic E-state index is 11.0. The molecule has 14 rings (SSSR count). The lowest BCUT2D eigenvalue weighted by atomic mass is 9.33. The number of hydrogen-bond acceptors (Lipinski definition) is 4. The first-order valence-electron chi connectivity index (χ1n) is 37.0. The molecule has 0 N–H and O–H groups in total. The van der Waals surface area contributed by atoms with Gasteiger partial charge in [-0.3, -0.25) is 0 Å². The molecule has 9 aromatic carbocycles. The Morgan fingerprint density at radius 1 is 0.478 bits per heavy atom. The van der Waals surface area contributed by atoms with E-state index in [-0.39, 0.29) is 58.6 Å². The summed E-state index contributed by atoms with van der Waals surface area (Å²) in [6.45, 7) is 8.97. The van der Waals surface area contributed by atoms with Crippen molar-refractivity contribution in [3.63, 3.8) is 0 Å². The van der Waals surface area contributed by atoms with Gasteiger partial charge in [0, 0.05) is 70.8 Å². The van der Waals surface area contributed by atoms with Crippen LogP contribution >= 0.6 is 11.3 Å². The van der Waals surface area contributed by atoms with Crippen LogP contribution in [-0.2, 0) is 10.8 Å². The van der Waals surface area contributed by atoms with Crippen LogP contribution in [0.4, 0.5) is 51.2 Å². The van der Waals surface area contributed by atoms with Gasteiger partial charge in [0.1, 0.15) is 0 Å². The van der Waals surface area contributed by atoms with Crippen molar-refractivity contribution >= 4 is 128 Å². The minimum Gasteiger partial charge on any atom is -0.311 e. The third-order valence-electron chi connectivity index (χ3n) is 12.7. The van der Waals surface area contributed by atoms with E-state index in [1.807, 2.05) is 0 Å². The lowest BCUT2D eigenvalue weighted by Crippen LogP contribution is -2.61. The molecule has 0 saturated carbocycles. The Morgan fingerprint density at radius 3 is 1.81 bits per heavy atom. The van der Waals surface area contributed by atoms with Gasteiger partial charge in [0.05, 0.1) is 69.2 Å². The Labute approximate surface area is 450 Å². The molecule has 0 amide bonds. The van der Waals surface area contributed by atoms with Crippen LogP contribution in [0.5, 0.6) is 0 Å². The molecule has 0 spiro atoms. The van der Waals surface area contributed by atoms with Gasteiger partial charge in [-0.1, -0.05) is 138 Å². The normalized spacial score (nSPS) is 19.7. The van der Waals surface area contributed by atoms with Crippen molar-refractivity contribution in [1.29, 1.82) is 0 Å². The Balaban J connectivity index is 1.26. The molecule has 3 aliphatic rings. The van der Waals surface area contributed by atoms with Crippen LogP contribution in [0.3, 0.4) is 0 Å². The van der Waals surface area contributed by atoms with Crippen LogP contribution in [0.2, 0.25) is 0 Å². The molecular formula is C63H51BN4S. The van der Waals surface area contributed by atoms with Crippen LogP contribution in [0.15, 0.2) is 181 Å². The Morgan fingerprint density at radius 2 is 1.09 bits per heavy atom. The van der Waals surface area contributed by atoms with Crippen molar-refractivity contribution in [3.05, 3.63) is 198 Å². The first-order chi connectivity index (χ1) is 46.0. The highest BCUT2D eigenvalue weighted by Gasteiger charge is 2.46. The first-order valence-corrected chi connectivity index (χ1v) is 22.8. The molecule has 6 heteroatoms. The first kappa shape index (κ1) is 20.6.